The SMILES string of the molecule is CCCCCCC(NN)C(C)OC. The van der Waals surface area contributed by atoms with Gasteiger partial charge < -0.3 is 4.74 Å². The summed E-state index contributed by atoms with van der Waals surface area (Å²) in [5.74, 6) is 5.43. The van der Waals surface area contributed by atoms with Crippen molar-refractivity contribution in [2.75, 3.05) is 7.11 Å². The van der Waals surface area contributed by atoms with Crippen LogP contribution in [0.2, 0.25) is 0 Å². The van der Waals surface area contributed by atoms with Crippen LogP contribution in [0.3, 0.4) is 0 Å². The van der Waals surface area contributed by atoms with Crippen molar-refractivity contribution in [1.29, 1.82) is 0 Å². The number of methoxy groups -OCH3 is 1. The third-order valence-electron chi connectivity index (χ3n) is 2.52. The molecule has 0 aromatic rings. The second-order valence-corrected chi connectivity index (χ2v) is 3.56. The molecular weight excluding hydrogens is 164 g/mol. The van der Waals surface area contributed by atoms with Gasteiger partial charge in [-0.3, -0.25) is 11.3 Å². The summed E-state index contributed by atoms with van der Waals surface area (Å²) in [4.78, 5) is 0. The zero-order chi connectivity index (χ0) is 10.1. The smallest absolute Gasteiger partial charge is 0.0709 e. The minimum absolute atomic E-state index is 0.201. The Labute approximate surface area is 82.0 Å². The molecule has 0 bridgehead atoms. The maximum atomic E-state index is 5.43. The fourth-order valence-corrected chi connectivity index (χ4v) is 1.41. The van der Waals surface area contributed by atoms with Gasteiger partial charge in [0.2, 0.25) is 0 Å². The van der Waals surface area contributed by atoms with Gasteiger partial charge in [0.25, 0.3) is 0 Å². The second kappa shape index (κ2) is 8.48. The van der Waals surface area contributed by atoms with E-state index in [1.807, 2.05) is 6.92 Å². The molecule has 0 saturated heterocycles. The van der Waals surface area contributed by atoms with Crippen molar-refractivity contribution in [3.63, 3.8) is 0 Å². The lowest BCUT2D eigenvalue weighted by Crippen LogP contribution is -2.43. The summed E-state index contributed by atoms with van der Waals surface area (Å²) >= 11 is 0. The molecule has 0 saturated carbocycles. The highest BCUT2D eigenvalue weighted by Gasteiger charge is 2.13. The van der Waals surface area contributed by atoms with Gasteiger partial charge in [0.15, 0.2) is 0 Å². The summed E-state index contributed by atoms with van der Waals surface area (Å²) in [6, 6.07) is 0.293. The van der Waals surface area contributed by atoms with Gasteiger partial charge >= 0.3 is 0 Å². The van der Waals surface area contributed by atoms with E-state index < -0.39 is 0 Å². The van der Waals surface area contributed by atoms with Crippen LogP contribution in [-0.4, -0.2) is 19.3 Å². The highest BCUT2D eigenvalue weighted by Crippen LogP contribution is 2.08. The van der Waals surface area contributed by atoms with Crippen molar-refractivity contribution < 1.29 is 4.74 Å². The predicted molar refractivity (Wildman–Crippen MR) is 56.3 cm³/mol. The van der Waals surface area contributed by atoms with E-state index in [-0.39, 0.29) is 6.10 Å². The molecule has 2 unspecified atom stereocenters. The lowest BCUT2D eigenvalue weighted by molar-refractivity contribution is 0.0791. The van der Waals surface area contributed by atoms with E-state index in [1.54, 1.807) is 7.11 Å². The van der Waals surface area contributed by atoms with Crippen molar-refractivity contribution in [3.05, 3.63) is 0 Å². The molecule has 0 spiro atoms. The summed E-state index contributed by atoms with van der Waals surface area (Å²) in [5.41, 5.74) is 2.80. The Hall–Kier alpha value is -0.120. The molecule has 0 aliphatic heterocycles. The topological polar surface area (TPSA) is 47.3 Å². The van der Waals surface area contributed by atoms with Gasteiger partial charge in [-0.25, -0.2) is 0 Å². The fourth-order valence-electron chi connectivity index (χ4n) is 1.41. The van der Waals surface area contributed by atoms with Crippen LogP contribution in [0.5, 0.6) is 0 Å². The van der Waals surface area contributed by atoms with Crippen molar-refractivity contribution in [1.82, 2.24) is 5.43 Å². The van der Waals surface area contributed by atoms with Gasteiger partial charge in [-0.15, -0.1) is 0 Å². The Morgan fingerprint density at radius 3 is 2.46 bits per heavy atom. The Bertz CT molecular complexity index is 109. The number of rotatable bonds is 8. The van der Waals surface area contributed by atoms with E-state index in [1.165, 1.54) is 25.7 Å². The normalized spacial score (nSPS) is 15.7. The lowest BCUT2D eigenvalue weighted by atomic mass is 10.0. The van der Waals surface area contributed by atoms with Gasteiger partial charge in [0, 0.05) is 13.2 Å². The van der Waals surface area contributed by atoms with Crippen LogP contribution < -0.4 is 11.3 Å². The van der Waals surface area contributed by atoms with E-state index >= 15 is 0 Å². The molecule has 3 nitrogen and oxygen atoms in total. The number of ether oxygens (including phenoxy) is 1. The molecule has 0 aliphatic rings. The third kappa shape index (κ3) is 6.02. The number of nitrogens with two attached hydrogens (primary N) is 1. The molecule has 0 amide bonds. The Balaban J connectivity index is 3.47. The Kier molecular flexibility index (Phi) is 8.40. The van der Waals surface area contributed by atoms with E-state index in [9.17, 15) is 0 Å². The first-order valence-corrected chi connectivity index (χ1v) is 5.25. The summed E-state index contributed by atoms with van der Waals surface area (Å²) in [5, 5.41) is 0. The standard InChI is InChI=1S/C10H24N2O/c1-4-5-6-7-8-10(12-11)9(2)13-3/h9-10,12H,4-8,11H2,1-3H3. The second-order valence-electron chi connectivity index (χ2n) is 3.56. The quantitative estimate of drug-likeness (QED) is 0.347. The van der Waals surface area contributed by atoms with Gasteiger partial charge in [0.05, 0.1) is 6.10 Å². The maximum absolute atomic E-state index is 5.43. The zero-order valence-electron chi connectivity index (χ0n) is 9.18. The predicted octanol–water partition coefficient (Wildman–Crippen LogP) is 1.82. The number of hydrazine groups is 1. The highest BCUT2D eigenvalue weighted by atomic mass is 16.5. The molecule has 0 radical (unpaired) electrons. The van der Waals surface area contributed by atoms with Crippen LogP contribution in [0.4, 0.5) is 0 Å². The van der Waals surface area contributed by atoms with Crippen LogP contribution >= 0.6 is 0 Å². The van der Waals surface area contributed by atoms with Crippen LogP contribution in [0, 0.1) is 0 Å². The van der Waals surface area contributed by atoms with Gasteiger partial charge in [-0.1, -0.05) is 32.6 Å². The summed E-state index contributed by atoms with van der Waals surface area (Å²) < 4.78 is 5.22. The average molecular weight is 188 g/mol. The maximum Gasteiger partial charge on any atom is 0.0709 e. The highest BCUT2D eigenvalue weighted by molar-refractivity contribution is 4.70. The first kappa shape index (κ1) is 12.9. The molecule has 0 heterocycles. The molecule has 0 aliphatic carbocycles. The molecule has 3 heteroatoms. The van der Waals surface area contributed by atoms with E-state index in [0.29, 0.717) is 6.04 Å². The number of nitrogens with one attached hydrogen (secondary N) is 1. The monoisotopic (exact) mass is 188 g/mol. The number of hydrogen-bond acceptors (Lipinski definition) is 3. The third-order valence-corrected chi connectivity index (χ3v) is 2.52. The van der Waals surface area contributed by atoms with Crippen molar-refractivity contribution in [2.45, 2.75) is 58.1 Å². The van der Waals surface area contributed by atoms with Crippen LogP contribution in [-0.2, 0) is 4.74 Å². The molecule has 0 aromatic heterocycles. The molecule has 3 N–H and O–H groups in total. The summed E-state index contributed by atoms with van der Waals surface area (Å²) in [7, 11) is 1.72. The van der Waals surface area contributed by atoms with Crippen molar-refractivity contribution >= 4 is 0 Å². The van der Waals surface area contributed by atoms with Crippen LogP contribution in [0.1, 0.15) is 46.0 Å². The molecule has 0 aromatic carbocycles. The number of hydrogen-bond donors (Lipinski definition) is 2. The Morgan fingerprint density at radius 1 is 1.31 bits per heavy atom. The lowest BCUT2D eigenvalue weighted by Gasteiger charge is -2.21. The summed E-state index contributed by atoms with van der Waals surface area (Å²) in [6.45, 7) is 4.26. The van der Waals surface area contributed by atoms with E-state index in [4.69, 9.17) is 10.6 Å². The van der Waals surface area contributed by atoms with Crippen LogP contribution in [0.15, 0.2) is 0 Å². The fraction of sp³-hybridized carbons (Fsp3) is 1.00. The molecular formula is C10H24N2O. The largest absolute Gasteiger partial charge is 0.380 e. The minimum atomic E-state index is 0.201. The van der Waals surface area contributed by atoms with Crippen LogP contribution in [0.25, 0.3) is 0 Å². The van der Waals surface area contributed by atoms with E-state index in [0.717, 1.165) is 6.42 Å². The zero-order valence-corrected chi connectivity index (χ0v) is 9.18. The molecule has 0 fully saturated rings. The van der Waals surface area contributed by atoms with Crippen molar-refractivity contribution in [2.24, 2.45) is 5.84 Å². The minimum Gasteiger partial charge on any atom is -0.380 e. The average Bonchev–Trinajstić information content (AvgIpc) is 2.17. The van der Waals surface area contributed by atoms with E-state index in [2.05, 4.69) is 12.3 Å². The molecule has 13 heavy (non-hydrogen) atoms. The van der Waals surface area contributed by atoms with Gasteiger partial charge in [-0.05, 0) is 13.3 Å². The Morgan fingerprint density at radius 2 is 2.00 bits per heavy atom. The molecule has 0 rings (SSSR count). The van der Waals surface area contributed by atoms with Gasteiger partial charge in [-0.2, -0.15) is 0 Å². The molecule has 2 atom stereocenters. The number of unbranched alkanes of at least 4 members (excludes halogenated alkanes) is 3. The first-order chi connectivity index (χ1) is 6.26. The molecule has 80 valence electrons. The van der Waals surface area contributed by atoms with Gasteiger partial charge in [0.1, 0.15) is 0 Å². The summed E-state index contributed by atoms with van der Waals surface area (Å²) in [6.07, 6.45) is 6.43. The first-order valence-electron chi connectivity index (χ1n) is 5.25. The van der Waals surface area contributed by atoms with Crippen molar-refractivity contribution in [3.8, 4) is 0 Å².